The van der Waals surface area contributed by atoms with Crippen LogP contribution in [0, 0.1) is 5.92 Å². The molecule has 2 nitrogen and oxygen atoms in total. The van der Waals surface area contributed by atoms with Crippen LogP contribution in [0.2, 0.25) is 0 Å². The molecule has 1 fully saturated rings. The Morgan fingerprint density at radius 1 is 1.35 bits per heavy atom. The van der Waals surface area contributed by atoms with Crippen LogP contribution < -0.4 is 4.74 Å². The topological polar surface area (TPSA) is 12.5 Å². The molecule has 20 heavy (non-hydrogen) atoms. The fourth-order valence-corrected chi connectivity index (χ4v) is 4.59. The second-order valence-electron chi connectivity index (χ2n) is 5.87. The summed E-state index contributed by atoms with van der Waals surface area (Å²) in [7, 11) is 0. The first-order chi connectivity index (χ1) is 9.76. The van der Waals surface area contributed by atoms with Crippen molar-refractivity contribution >= 4 is 31.9 Å². The van der Waals surface area contributed by atoms with Crippen molar-refractivity contribution in [1.29, 1.82) is 0 Å². The molecule has 0 N–H and O–H groups in total. The van der Waals surface area contributed by atoms with E-state index in [0.717, 1.165) is 36.6 Å². The van der Waals surface area contributed by atoms with Gasteiger partial charge < -0.3 is 4.74 Å². The molecule has 0 amide bonds. The molecule has 0 bridgehead atoms. The number of likely N-dealkylation sites (tertiary alicyclic amines) is 1. The molecule has 1 unspecified atom stereocenters. The van der Waals surface area contributed by atoms with Crippen molar-refractivity contribution in [2.24, 2.45) is 5.92 Å². The molecular weight excluding hydrogens is 382 g/mol. The number of ether oxygens (including phenoxy) is 1. The third-order valence-corrected chi connectivity index (χ3v) is 5.26. The molecule has 1 saturated heterocycles. The summed E-state index contributed by atoms with van der Waals surface area (Å²) in [4.78, 5) is 2.60. The summed E-state index contributed by atoms with van der Waals surface area (Å²) in [5, 5.41) is 1.13. The molecule has 0 saturated carbocycles. The maximum Gasteiger partial charge on any atom is 0.127 e. The predicted octanol–water partition coefficient (Wildman–Crippen LogP) is 4.38. The van der Waals surface area contributed by atoms with Crippen molar-refractivity contribution in [3.05, 3.63) is 27.7 Å². The third-order valence-electron chi connectivity index (χ3n) is 4.34. The summed E-state index contributed by atoms with van der Waals surface area (Å²) >= 11 is 7.21. The highest BCUT2D eigenvalue weighted by Gasteiger charge is 2.23. The number of piperidine rings is 1. The molecule has 0 radical (unpaired) electrons. The standard InChI is InChI=1S/C16H21Br2NO/c17-5-3-12-2-1-6-19(10-12)11-14-9-15(18)8-13-4-7-20-16(13)14/h8-9,12H,1-7,10-11H2. The summed E-state index contributed by atoms with van der Waals surface area (Å²) in [5.74, 6) is 2.00. The van der Waals surface area contributed by atoms with Gasteiger partial charge in [0.2, 0.25) is 0 Å². The van der Waals surface area contributed by atoms with Crippen LogP contribution in [0.25, 0.3) is 0 Å². The first-order valence-electron chi connectivity index (χ1n) is 7.48. The SMILES string of the molecule is BrCCC1CCCN(Cc2cc(Br)cc3c2OCC3)C1. The summed E-state index contributed by atoms with van der Waals surface area (Å²) in [6.07, 6.45) is 5.06. The van der Waals surface area contributed by atoms with E-state index in [1.54, 1.807) is 0 Å². The normalized spacial score (nSPS) is 22.6. The Hall–Kier alpha value is -0.0600. The van der Waals surface area contributed by atoms with E-state index in [4.69, 9.17) is 4.74 Å². The highest BCUT2D eigenvalue weighted by Crippen LogP contribution is 2.34. The van der Waals surface area contributed by atoms with Crippen LogP contribution in [0.3, 0.4) is 0 Å². The number of benzene rings is 1. The second-order valence-corrected chi connectivity index (χ2v) is 7.58. The fraction of sp³-hybridized carbons (Fsp3) is 0.625. The Balaban J connectivity index is 1.71. The van der Waals surface area contributed by atoms with Gasteiger partial charge in [0.1, 0.15) is 5.75 Å². The minimum atomic E-state index is 0.838. The lowest BCUT2D eigenvalue weighted by Gasteiger charge is -2.32. The monoisotopic (exact) mass is 401 g/mol. The van der Waals surface area contributed by atoms with E-state index in [-0.39, 0.29) is 0 Å². The summed E-state index contributed by atoms with van der Waals surface area (Å²) in [5.41, 5.74) is 2.72. The van der Waals surface area contributed by atoms with Gasteiger partial charge in [-0.25, -0.2) is 0 Å². The van der Waals surface area contributed by atoms with Gasteiger partial charge >= 0.3 is 0 Å². The van der Waals surface area contributed by atoms with Crippen LogP contribution in [-0.2, 0) is 13.0 Å². The summed E-state index contributed by atoms with van der Waals surface area (Å²) in [6.45, 7) is 4.32. The Morgan fingerprint density at radius 3 is 3.10 bits per heavy atom. The van der Waals surface area contributed by atoms with Crippen LogP contribution >= 0.6 is 31.9 Å². The number of halogens is 2. The second kappa shape index (κ2) is 6.80. The quantitative estimate of drug-likeness (QED) is 0.692. The van der Waals surface area contributed by atoms with Gasteiger partial charge in [0.05, 0.1) is 6.61 Å². The molecule has 1 aromatic carbocycles. The fourth-order valence-electron chi connectivity index (χ4n) is 3.39. The van der Waals surface area contributed by atoms with Crippen molar-refractivity contribution in [2.45, 2.75) is 32.2 Å². The van der Waals surface area contributed by atoms with Crippen molar-refractivity contribution in [3.8, 4) is 5.75 Å². The highest BCUT2D eigenvalue weighted by atomic mass is 79.9. The van der Waals surface area contributed by atoms with E-state index in [0.29, 0.717) is 0 Å². The molecule has 4 heteroatoms. The first kappa shape index (κ1) is 14.9. The van der Waals surface area contributed by atoms with Crippen LogP contribution in [0.5, 0.6) is 5.75 Å². The number of fused-ring (bicyclic) bond motifs is 1. The Kier molecular flexibility index (Phi) is 5.05. The molecular formula is C16H21Br2NO. The van der Waals surface area contributed by atoms with Crippen molar-refractivity contribution < 1.29 is 4.74 Å². The molecule has 2 heterocycles. The van der Waals surface area contributed by atoms with Crippen LogP contribution in [0.15, 0.2) is 16.6 Å². The van der Waals surface area contributed by atoms with Gasteiger partial charge in [0.15, 0.2) is 0 Å². The number of hydrogen-bond acceptors (Lipinski definition) is 2. The molecule has 0 aliphatic carbocycles. The van der Waals surface area contributed by atoms with E-state index in [2.05, 4.69) is 48.9 Å². The van der Waals surface area contributed by atoms with Gasteiger partial charge in [-0.3, -0.25) is 4.90 Å². The zero-order valence-electron chi connectivity index (χ0n) is 11.7. The Morgan fingerprint density at radius 2 is 2.25 bits per heavy atom. The van der Waals surface area contributed by atoms with Crippen LogP contribution in [0.1, 0.15) is 30.4 Å². The molecule has 1 aromatic rings. The average molecular weight is 403 g/mol. The number of nitrogens with zero attached hydrogens (tertiary/aromatic N) is 1. The molecule has 0 aromatic heterocycles. The smallest absolute Gasteiger partial charge is 0.127 e. The zero-order chi connectivity index (χ0) is 13.9. The van der Waals surface area contributed by atoms with E-state index in [1.165, 1.54) is 48.0 Å². The summed E-state index contributed by atoms with van der Waals surface area (Å²) in [6, 6.07) is 4.44. The van der Waals surface area contributed by atoms with Crippen LogP contribution in [0.4, 0.5) is 0 Å². The lowest BCUT2D eigenvalue weighted by molar-refractivity contribution is 0.164. The minimum absolute atomic E-state index is 0.838. The van der Waals surface area contributed by atoms with E-state index < -0.39 is 0 Å². The van der Waals surface area contributed by atoms with Gasteiger partial charge in [-0.2, -0.15) is 0 Å². The summed E-state index contributed by atoms with van der Waals surface area (Å²) < 4.78 is 7.03. The van der Waals surface area contributed by atoms with Crippen molar-refractivity contribution in [3.63, 3.8) is 0 Å². The Labute approximate surface area is 138 Å². The van der Waals surface area contributed by atoms with E-state index in [9.17, 15) is 0 Å². The zero-order valence-corrected chi connectivity index (χ0v) is 14.9. The molecule has 3 rings (SSSR count). The largest absolute Gasteiger partial charge is 0.493 e. The maximum atomic E-state index is 5.85. The molecule has 1 atom stereocenters. The number of rotatable bonds is 4. The van der Waals surface area contributed by atoms with Gasteiger partial charge in [0, 0.05) is 34.9 Å². The maximum absolute atomic E-state index is 5.85. The average Bonchev–Trinajstić information content (AvgIpc) is 2.87. The third kappa shape index (κ3) is 3.40. The number of hydrogen-bond donors (Lipinski definition) is 0. The van der Waals surface area contributed by atoms with E-state index >= 15 is 0 Å². The lowest BCUT2D eigenvalue weighted by Crippen LogP contribution is -2.35. The minimum Gasteiger partial charge on any atom is -0.493 e. The van der Waals surface area contributed by atoms with Gasteiger partial charge in [0.25, 0.3) is 0 Å². The van der Waals surface area contributed by atoms with Crippen LogP contribution in [-0.4, -0.2) is 29.9 Å². The highest BCUT2D eigenvalue weighted by molar-refractivity contribution is 9.10. The van der Waals surface area contributed by atoms with Crippen molar-refractivity contribution in [1.82, 2.24) is 4.90 Å². The molecule has 110 valence electrons. The molecule has 0 spiro atoms. The number of alkyl halides is 1. The van der Waals surface area contributed by atoms with Gasteiger partial charge in [-0.15, -0.1) is 0 Å². The predicted molar refractivity (Wildman–Crippen MR) is 89.8 cm³/mol. The van der Waals surface area contributed by atoms with Crippen molar-refractivity contribution in [2.75, 3.05) is 25.0 Å². The van der Waals surface area contributed by atoms with Gasteiger partial charge in [-0.1, -0.05) is 31.9 Å². The molecule has 2 aliphatic heterocycles. The van der Waals surface area contributed by atoms with E-state index in [1.807, 2.05) is 0 Å². The molecule has 2 aliphatic rings. The first-order valence-corrected chi connectivity index (χ1v) is 9.40. The van der Waals surface area contributed by atoms with Gasteiger partial charge in [-0.05, 0) is 49.4 Å². The lowest BCUT2D eigenvalue weighted by atomic mass is 9.95. The Bertz CT molecular complexity index is 476.